The van der Waals surface area contributed by atoms with Crippen LogP contribution >= 0.6 is 0 Å². The van der Waals surface area contributed by atoms with E-state index in [0.29, 0.717) is 31.6 Å². The van der Waals surface area contributed by atoms with Crippen LogP contribution in [0, 0.1) is 0 Å². The minimum absolute atomic E-state index is 0.0760. The van der Waals surface area contributed by atoms with Gasteiger partial charge in [0.2, 0.25) is 5.91 Å². The molecule has 25 heavy (non-hydrogen) atoms. The van der Waals surface area contributed by atoms with E-state index in [1.54, 1.807) is 31.1 Å². The molecular weight excluding hydrogens is 316 g/mol. The van der Waals surface area contributed by atoms with Crippen molar-refractivity contribution < 1.29 is 14.3 Å². The molecule has 2 aromatic rings. The highest BCUT2D eigenvalue weighted by Gasteiger charge is 2.10. The van der Waals surface area contributed by atoms with Gasteiger partial charge in [-0.05, 0) is 36.2 Å². The summed E-state index contributed by atoms with van der Waals surface area (Å²) < 4.78 is 5.59. The van der Waals surface area contributed by atoms with Gasteiger partial charge < -0.3 is 15.0 Å². The van der Waals surface area contributed by atoms with Crippen molar-refractivity contribution in [2.45, 2.75) is 19.4 Å². The van der Waals surface area contributed by atoms with Crippen LogP contribution in [0.3, 0.4) is 0 Å². The third-order valence-corrected chi connectivity index (χ3v) is 3.84. The zero-order valence-corrected chi connectivity index (χ0v) is 14.7. The number of benzene rings is 2. The summed E-state index contributed by atoms with van der Waals surface area (Å²) >= 11 is 0. The first-order valence-electron chi connectivity index (χ1n) is 8.33. The fraction of sp³-hybridized carbons (Fsp3) is 0.300. The normalized spacial score (nSPS) is 10.2. The predicted octanol–water partition coefficient (Wildman–Crippen LogP) is 2.86. The average Bonchev–Trinajstić information content (AvgIpc) is 2.65. The van der Waals surface area contributed by atoms with E-state index in [-0.39, 0.29) is 11.8 Å². The quantitative estimate of drug-likeness (QED) is 0.752. The van der Waals surface area contributed by atoms with Crippen LogP contribution in [-0.4, -0.2) is 37.4 Å². The summed E-state index contributed by atoms with van der Waals surface area (Å²) in [7, 11) is 3.39. The highest BCUT2D eigenvalue weighted by atomic mass is 16.5. The lowest BCUT2D eigenvalue weighted by Gasteiger charge is -2.17. The zero-order chi connectivity index (χ0) is 18.1. The first-order valence-corrected chi connectivity index (χ1v) is 8.33. The third-order valence-electron chi connectivity index (χ3n) is 3.84. The molecule has 0 aromatic heterocycles. The minimum atomic E-state index is -0.116. The number of ether oxygens (including phenoxy) is 1. The van der Waals surface area contributed by atoms with E-state index in [1.165, 1.54) is 0 Å². The Kier molecular flexibility index (Phi) is 7.01. The fourth-order valence-electron chi connectivity index (χ4n) is 2.39. The summed E-state index contributed by atoms with van der Waals surface area (Å²) in [4.78, 5) is 25.4. The number of hydrogen-bond donors (Lipinski definition) is 1. The summed E-state index contributed by atoms with van der Waals surface area (Å²) in [5.41, 5.74) is 1.60. The SMILES string of the molecule is CNC(=O)c1ccc(CN(C)C(=O)CCCOc2ccccc2)cc1. The minimum Gasteiger partial charge on any atom is -0.494 e. The van der Waals surface area contributed by atoms with Gasteiger partial charge in [-0.3, -0.25) is 9.59 Å². The van der Waals surface area contributed by atoms with Crippen molar-refractivity contribution in [3.63, 3.8) is 0 Å². The third kappa shape index (κ3) is 5.95. The van der Waals surface area contributed by atoms with Crippen molar-refractivity contribution in [2.75, 3.05) is 20.7 Å². The predicted molar refractivity (Wildman–Crippen MR) is 97.5 cm³/mol. The van der Waals surface area contributed by atoms with Crippen molar-refractivity contribution in [3.05, 3.63) is 65.7 Å². The Labute approximate surface area is 148 Å². The molecule has 0 spiro atoms. The maximum Gasteiger partial charge on any atom is 0.251 e. The smallest absolute Gasteiger partial charge is 0.251 e. The topological polar surface area (TPSA) is 58.6 Å². The summed E-state index contributed by atoms with van der Waals surface area (Å²) in [6.45, 7) is 1.04. The van der Waals surface area contributed by atoms with Crippen molar-refractivity contribution in [2.24, 2.45) is 0 Å². The molecule has 0 aliphatic heterocycles. The molecule has 132 valence electrons. The Morgan fingerprint density at radius 2 is 1.72 bits per heavy atom. The Bertz CT molecular complexity index is 684. The molecule has 5 heteroatoms. The second-order valence-electron chi connectivity index (χ2n) is 5.79. The number of carbonyl (C=O) groups excluding carboxylic acids is 2. The second kappa shape index (κ2) is 9.47. The summed E-state index contributed by atoms with van der Waals surface area (Å²) in [6.07, 6.45) is 1.12. The van der Waals surface area contributed by atoms with E-state index in [2.05, 4.69) is 5.32 Å². The van der Waals surface area contributed by atoms with Crippen LogP contribution in [0.5, 0.6) is 5.75 Å². The molecule has 0 aliphatic rings. The summed E-state index contributed by atoms with van der Waals surface area (Å²) in [6, 6.07) is 16.8. The molecule has 0 fully saturated rings. The van der Waals surface area contributed by atoms with Crippen LogP contribution < -0.4 is 10.1 Å². The standard InChI is InChI=1S/C20H24N2O3/c1-21-20(24)17-12-10-16(11-13-17)15-22(2)19(23)9-6-14-25-18-7-4-3-5-8-18/h3-5,7-8,10-13H,6,9,14-15H2,1-2H3,(H,21,24). The van der Waals surface area contributed by atoms with Gasteiger partial charge in [-0.1, -0.05) is 30.3 Å². The van der Waals surface area contributed by atoms with Gasteiger partial charge >= 0.3 is 0 Å². The summed E-state index contributed by atoms with van der Waals surface area (Å²) in [5, 5.41) is 2.58. The van der Waals surface area contributed by atoms with E-state index >= 15 is 0 Å². The van der Waals surface area contributed by atoms with E-state index in [4.69, 9.17) is 4.74 Å². The molecule has 2 rings (SSSR count). The molecule has 2 amide bonds. The molecule has 0 heterocycles. The van der Waals surface area contributed by atoms with Gasteiger partial charge in [-0.25, -0.2) is 0 Å². The van der Waals surface area contributed by atoms with Crippen LogP contribution in [0.15, 0.2) is 54.6 Å². The molecule has 0 unspecified atom stereocenters. The molecule has 0 aliphatic carbocycles. The average molecular weight is 340 g/mol. The fourth-order valence-corrected chi connectivity index (χ4v) is 2.39. The zero-order valence-electron chi connectivity index (χ0n) is 14.7. The number of rotatable bonds is 8. The molecule has 0 radical (unpaired) electrons. The molecule has 2 aromatic carbocycles. The van der Waals surface area contributed by atoms with E-state index in [9.17, 15) is 9.59 Å². The number of nitrogens with one attached hydrogen (secondary N) is 1. The number of hydrogen-bond acceptors (Lipinski definition) is 3. The second-order valence-corrected chi connectivity index (χ2v) is 5.79. The van der Waals surface area contributed by atoms with Gasteiger partial charge in [0.25, 0.3) is 5.91 Å². The van der Waals surface area contributed by atoms with Crippen LogP contribution in [0.1, 0.15) is 28.8 Å². The molecule has 1 N–H and O–H groups in total. The highest BCUT2D eigenvalue weighted by molar-refractivity contribution is 5.93. The number of amides is 2. The maximum absolute atomic E-state index is 12.2. The molecular formula is C20H24N2O3. The Morgan fingerprint density at radius 3 is 2.36 bits per heavy atom. The number of carbonyl (C=O) groups is 2. The van der Waals surface area contributed by atoms with Gasteiger partial charge in [0, 0.05) is 32.6 Å². The van der Waals surface area contributed by atoms with Gasteiger partial charge in [-0.15, -0.1) is 0 Å². The van der Waals surface area contributed by atoms with Crippen LogP contribution in [0.4, 0.5) is 0 Å². The van der Waals surface area contributed by atoms with E-state index in [1.807, 2.05) is 42.5 Å². The van der Waals surface area contributed by atoms with Crippen molar-refractivity contribution >= 4 is 11.8 Å². The van der Waals surface area contributed by atoms with Gasteiger partial charge in [-0.2, -0.15) is 0 Å². The molecule has 5 nitrogen and oxygen atoms in total. The molecule has 0 bridgehead atoms. The van der Waals surface area contributed by atoms with Gasteiger partial charge in [0.05, 0.1) is 6.61 Å². The Morgan fingerprint density at radius 1 is 1.04 bits per heavy atom. The van der Waals surface area contributed by atoms with Gasteiger partial charge in [0.15, 0.2) is 0 Å². The van der Waals surface area contributed by atoms with Gasteiger partial charge in [0.1, 0.15) is 5.75 Å². The highest BCUT2D eigenvalue weighted by Crippen LogP contribution is 2.10. The number of para-hydroxylation sites is 1. The van der Waals surface area contributed by atoms with E-state index < -0.39 is 0 Å². The Balaban J connectivity index is 1.73. The van der Waals surface area contributed by atoms with Crippen molar-refractivity contribution in [1.82, 2.24) is 10.2 Å². The van der Waals surface area contributed by atoms with Crippen molar-refractivity contribution in [3.8, 4) is 5.75 Å². The van der Waals surface area contributed by atoms with Crippen LogP contribution in [0.25, 0.3) is 0 Å². The molecule has 0 saturated heterocycles. The summed E-state index contributed by atoms with van der Waals surface area (Å²) in [5.74, 6) is 0.779. The monoisotopic (exact) mass is 340 g/mol. The Hall–Kier alpha value is -2.82. The molecule has 0 saturated carbocycles. The van der Waals surface area contributed by atoms with Crippen molar-refractivity contribution in [1.29, 1.82) is 0 Å². The van der Waals surface area contributed by atoms with E-state index in [0.717, 1.165) is 11.3 Å². The first-order chi connectivity index (χ1) is 12.1. The van der Waals surface area contributed by atoms with Crippen LogP contribution in [-0.2, 0) is 11.3 Å². The maximum atomic E-state index is 12.2. The largest absolute Gasteiger partial charge is 0.494 e. The lowest BCUT2D eigenvalue weighted by atomic mass is 10.1. The number of nitrogens with zero attached hydrogens (tertiary/aromatic N) is 1. The lowest BCUT2D eigenvalue weighted by Crippen LogP contribution is -2.26. The molecule has 0 atom stereocenters. The van der Waals surface area contributed by atoms with Crippen LogP contribution in [0.2, 0.25) is 0 Å². The first kappa shape index (κ1) is 18.5. The lowest BCUT2D eigenvalue weighted by molar-refractivity contribution is -0.130.